The van der Waals surface area contributed by atoms with Crippen LogP contribution < -0.4 is 0 Å². The Labute approximate surface area is 636 Å². The van der Waals surface area contributed by atoms with Crippen molar-refractivity contribution in [1.82, 2.24) is 4.90 Å². The number of esters is 2. The summed E-state index contributed by atoms with van der Waals surface area (Å²) in [5, 5.41) is 79.6. The number of aliphatic carboxylic acids is 1. The molecule has 0 aromatic rings. The Morgan fingerprint density at radius 2 is 1.30 bits per heavy atom. The topological polar surface area (TPSA) is 341 Å². The first kappa shape index (κ1) is 92.1. The van der Waals surface area contributed by atoms with Crippen molar-refractivity contribution in [2.24, 2.45) is 73.9 Å². The first-order chi connectivity index (χ1) is 49.0. The van der Waals surface area contributed by atoms with Gasteiger partial charge in [0.05, 0.1) is 72.5 Å². The summed E-state index contributed by atoms with van der Waals surface area (Å²) >= 11 is 0. The van der Waals surface area contributed by atoms with E-state index in [4.69, 9.17) is 37.7 Å². The molecule has 23 nitrogen and oxygen atoms in total. The van der Waals surface area contributed by atoms with Crippen LogP contribution in [0, 0.1) is 73.9 Å². The smallest absolute Gasteiger partial charge is 0.397 e. The predicted molar refractivity (Wildman–Crippen MR) is 404 cm³/mol. The van der Waals surface area contributed by atoms with Crippen LogP contribution >= 0.6 is 0 Å². The monoisotopic (exact) mass is 1530 g/mol. The minimum absolute atomic E-state index is 0.0218. The zero-order chi connectivity index (χ0) is 80.1. The number of rotatable bonds is 22. The van der Waals surface area contributed by atoms with E-state index >= 15 is 0 Å². The van der Waals surface area contributed by atoms with Gasteiger partial charge in [-0.1, -0.05) is 159 Å². The van der Waals surface area contributed by atoms with Gasteiger partial charge in [-0.15, -0.1) is 0 Å². The zero-order valence-electron chi connectivity index (χ0n) is 69.0. The molecule has 106 heavy (non-hydrogen) atoms. The normalized spacial score (nSPS) is 43.4. The molecule has 4 saturated carbocycles. The van der Waals surface area contributed by atoms with Crippen molar-refractivity contribution < 1.29 is 105 Å². The summed E-state index contributed by atoms with van der Waals surface area (Å²) in [6.07, 6.45) is 11.5. The number of ether oxygens (including phenoxy) is 7. The van der Waals surface area contributed by atoms with E-state index in [1.807, 2.05) is 25.9 Å². The summed E-state index contributed by atoms with van der Waals surface area (Å²) in [5.74, 6) is -5.50. The highest BCUT2D eigenvalue weighted by Crippen LogP contribution is 2.76. The fraction of sp³-hybridized carbons (Fsp3) is 0.927. The van der Waals surface area contributed by atoms with Gasteiger partial charge < -0.3 is 73.8 Å². The summed E-state index contributed by atoms with van der Waals surface area (Å²) < 4.78 is 76.6. The quantitative estimate of drug-likeness (QED) is 0.0216. The zero-order valence-corrected chi connectivity index (χ0v) is 69.8. The number of fused-ring (bicyclic) bond motifs is 7. The number of carboxylic acids is 1. The van der Waals surface area contributed by atoms with Crippen LogP contribution in [0.15, 0.2) is 11.6 Å². The Hall–Kier alpha value is -2.79. The van der Waals surface area contributed by atoms with Crippen molar-refractivity contribution in [2.45, 2.75) is 382 Å². The molecule has 24 heteroatoms. The lowest BCUT2D eigenvalue weighted by atomic mass is 9.33. The summed E-state index contributed by atoms with van der Waals surface area (Å²) in [6, 6.07) is -0.319. The molecule has 8 rings (SSSR count). The van der Waals surface area contributed by atoms with Crippen LogP contribution in [0.2, 0.25) is 0 Å². The van der Waals surface area contributed by atoms with Crippen molar-refractivity contribution in [3.8, 4) is 0 Å². The number of carbonyl (C=O) groups is 4. The molecular weight excluding hydrogens is 1380 g/mol. The van der Waals surface area contributed by atoms with Crippen LogP contribution in [-0.2, 0) is 66.9 Å². The number of Topliss-reactive ketones (excluding diaryl/α,β-unsaturated/α-hetero) is 1. The van der Waals surface area contributed by atoms with Crippen molar-refractivity contribution in [1.29, 1.82) is 0 Å². The fourth-order valence-electron chi connectivity index (χ4n) is 21.2. The van der Waals surface area contributed by atoms with E-state index in [1.54, 1.807) is 48.5 Å². The maximum atomic E-state index is 14.2. The first-order valence-corrected chi connectivity index (χ1v) is 41.8. The molecular formula is C82H145NO22S. The molecule has 616 valence electrons. The van der Waals surface area contributed by atoms with Gasteiger partial charge in [-0.2, -0.15) is 8.42 Å². The van der Waals surface area contributed by atoms with Crippen LogP contribution in [-0.4, -0.2) is 202 Å². The summed E-state index contributed by atoms with van der Waals surface area (Å²) in [7, 11) is 0.973. The Morgan fingerprint density at radius 1 is 0.698 bits per heavy atom. The van der Waals surface area contributed by atoms with Crippen molar-refractivity contribution in [2.75, 3.05) is 27.8 Å². The van der Waals surface area contributed by atoms with E-state index in [9.17, 15) is 63.3 Å². The number of hydrogen-bond acceptors (Lipinski definition) is 21. The molecule has 27 atom stereocenters. The largest absolute Gasteiger partial charge is 0.481 e. The van der Waals surface area contributed by atoms with Gasteiger partial charge in [0.1, 0.15) is 29.0 Å². The van der Waals surface area contributed by atoms with Gasteiger partial charge in [-0.3, -0.25) is 23.7 Å². The number of ketones is 1. The standard InChI is InChI=1S/C40H71NO14.C30H48O4.C12H26O4S/c1-15-27-40(11,48)33(44)22(5)30(43)20(3)18-38(9,47)35(55-37-32(53-28(42)16-2)26(41(12)13)17-21(4)50-37)23(6)31(24(7)36(46)52-27)54-29-19-39(10,49-14)34(45)25(8)51-29;1-25(2)14-15-30(24(33)34)19(16-25)18-8-9-21-27(5)12-11-22(31)26(3,4)20(27)10-13-28(21,6)29(18,7)17-23(30)32;1-2-3-4-5-6-7-8-9-10-11-12-16-17(13,14)15/h20-27,29,31-35,37,44-45,47-48H,15-19H2,1-14H3;8,19-23,31-32H,9-17H2,1-7H3,(H,33,34);2-12H2,1H3,(H,13,14,15). The Balaban J connectivity index is 0.000000289. The van der Waals surface area contributed by atoms with Crippen LogP contribution in [0.3, 0.4) is 0 Å². The number of allylic oxidation sites excluding steroid dienone is 2. The predicted octanol–water partition coefficient (Wildman–Crippen LogP) is 12.7. The molecule has 8 aliphatic rings. The van der Waals surface area contributed by atoms with Gasteiger partial charge in [0, 0.05) is 37.7 Å². The van der Waals surface area contributed by atoms with E-state index in [2.05, 4.69) is 65.6 Å². The summed E-state index contributed by atoms with van der Waals surface area (Å²) in [6.45, 7) is 36.7. The fourth-order valence-corrected chi connectivity index (χ4v) is 21.6. The first-order valence-electron chi connectivity index (χ1n) is 40.5. The third-order valence-electron chi connectivity index (χ3n) is 28.1. The number of carbonyl (C=O) groups excluding carboxylic acids is 3. The van der Waals surface area contributed by atoms with Gasteiger partial charge >= 0.3 is 28.3 Å². The number of cyclic esters (lactones) is 1. The molecule has 7 fully saturated rings. The molecule has 3 saturated heterocycles. The second-order valence-corrected chi connectivity index (χ2v) is 38.0. The minimum atomic E-state index is -4.23. The lowest BCUT2D eigenvalue weighted by Crippen LogP contribution is -2.67. The molecule has 0 spiro atoms. The van der Waals surface area contributed by atoms with Gasteiger partial charge in [-0.25, -0.2) is 4.18 Å². The molecule has 8 N–H and O–H groups in total. The highest BCUT2D eigenvalue weighted by Gasteiger charge is 2.71. The Kier molecular flexibility index (Phi) is 31.8. The van der Waals surface area contributed by atoms with E-state index < -0.39 is 141 Å². The summed E-state index contributed by atoms with van der Waals surface area (Å²) in [4.78, 5) is 55.7. The number of hydrogen-bond donors (Lipinski definition) is 8. The molecule has 0 amide bonds. The van der Waals surface area contributed by atoms with Gasteiger partial charge in [0.25, 0.3) is 0 Å². The number of aliphatic hydroxyl groups excluding tert-OH is 4. The van der Waals surface area contributed by atoms with Crippen LogP contribution in [0.1, 0.15) is 286 Å². The highest BCUT2D eigenvalue weighted by molar-refractivity contribution is 7.80. The maximum Gasteiger partial charge on any atom is 0.397 e. The lowest BCUT2D eigenvalue weighted by Gasteiger charge is -2.71. The average molecular weight is 1530 g/mol. The summed E-state index contributed by atoms with van der Waals surface area (Å²) in [5.41, 5.74) is -4.63. The van der Waals surface area contributed by atoms with Crippen LogP contribution in [0.5, 0.6) is 0 Å². The molecule has 0 aromatic carbocycles. The number of methoxy groups -OCH3 is 1. The second-order valence-electron chi connectivity index (χ2n) is 36.9. The van der Waals surface area contributed by atoms with E-state index in [0.29, 0.717) is 37.5 Å². The highest BCUT2D eigenvalue weighted by atomic mass is 32.3. The number of unbranched alkanes of at least 4 members (excludes halogenated alkanes) is 9. The average Bonchev–Trinajstić information content (AvgIpc) is 0.672. The van der Waals surface area contributed by atoms with Crippen molar-refractivity contribution in [3.05, 3.63) is 11.6 Å². The van der Waals surface area contributed by atoms with Crippen LogP contribution in [0.25, 0.3) is 0 Å². The molecule has 3 heterocycles. The van der Waals surface area contributed by atoms with Crippen molar-refractivity contribution in [3.63, 3.8) is 0 Å². The molecule has 0 radical (unpaired) electrons. The third-order valence-corrected chi connectivity index (χ3v) is 28.6. The molecule has 0 aromatic heterocycles. The van der Waals surface area contributed by atoms with Gasteiger partial charge in [-0.05, 0) is 184 Å². The molecule has 0 bridgehead atoms. The van der Waals surface area contributed by atoms with E-state index in [1.165, 1.54) is 78.4 Å². The van der Waals surface area contributed by atoms with E-state index in [0.717, 1.165) is 57.8 Å². The van der Waals surface area contributed by atoms with Crippen LogP contribution in [0.4, 0.5) is 0 Å². The third kappa shape index (κ3) is 20.0. The minimum Gasteiger partial charge on any atom is -0.481 e. The number of aliphatic hydroxyl groups is 6. The molecule has 3 aliphatic heterocycles. The number of carboxylic acid groups (broad SMARTS) is 1. The van der Waals surface area contributed by atoms with Gasteiger partial charge in [0.15, 0.2) is 18.7 Å². The number of nitrogens with zero attached hydrogens (tertiary/aromatic N) is 1. The van der Waals surface area contributed by atoms with E-state index in [-0.39, 0.29) is 83.5 Å². The molecule has 27 unspecified atom stereocenters. The number of likely N-dealkylation sites (N-methyl/N-ethyl adjacent to an activating group) is 1. The lowest BCUT2D eigenvalue weighted by molar-refractivity contribution is -0.319. The van der Waals surface area contributed by atoms with Gasteiger partial charge in [0.2, 0.25) is 0 Å². The Bertz CT molecular complexity index is 3030. The van der Waals surface area contributed by atoms with Crippen molar-refractivity contribution >= 4 is 34.1 Å². The molecule has 5 aliphatic carbocycles. The maximum absolute atomic E-state index is 14.2. The second kappa shape index (κ2) is 36.6. The Morgan fingerprint density at radius 3 is 1.86 bits per heavy atom. The SMILES string of the molecule is CC1(C)CCC2(C(=O)O)C(O)CC3(C)C(=CCC4C5(C)CCC(O)C(C)(C)C5CCC43C)C2C1.CCC(=O)OC1C(OC2C(C)C(OC3CC(C)(OC)C(O)C(C)O3)C(C)C(=O)OC(CC)C(C)(O)C(O)C(C)C(=O)C(C)CC2(C)O)OC(C)CC1N(C)C.CCCCCCCCCCCCOS(=O)(=O)O.